The van der Waals surface area contributed by atoms with E-state index in [-0.39, 0.29) is 5.91 Å². The first-order valence-electron chi connectivity index (χ1n) is 8.35. The Labute approximate surface area is 170 Å². The van der Waals surface area contributed by atoms with Gasteiger partial charge in [0.05, 0.1) is 25.6 Å². The molecule has 0 aliphatic heterocycles. The first-order chi connectivity index (χ1) is 13.6. The van der Waals surface area contributed by atoms with Crippen molar-refractivity contribution in [3.8, 4) is 22.8 Å². The van der Waals surface area contributed by atoms with E-state index in [1.165, 1.54) is 18.4 Å². The molecule has 0 saturated heterocycles. The summed E-state index contributed by atoms with van der Waals surface area (Å²) in [6.45, 7) is 0. The molecule has 6 nitrogen and oxygen atoms in total. The number of benzene rings is 2. The fraction of sp³-hybridized carbons (Fsp3) is 0.100. The number of ether oxygens (including phenoxy) is 2. The Morgan fingerprint density at radius 1 is 1.18 bits per heavy atom. The van der Waals surface area contributed by atoms with Crippen molar-refractivity contribution in [2.75, 3.05) is 19.5 Å². The van der Waals surface area contributed by atoms with Gasteiger partial charge in [-0.2, -0.15) is 0 Å². The van der Waals surface area contributed by atoms with Gasteiger partial charge in [-0.3, -0.25) is 9.20 Å². The van der Waals surface area contributed by atoms with Gasteiger partial charge in [0.15, 0.2) is 4.96 Å². The molecule has 0 aliphatic carbocycles. The number of hydrogen-bond donors (Lipinski definition) is 1. The van der Waals surface area contributed by atoms with Crippen molar-refractivity contribution in [3.05, 3.63) is 64.8 Å². The third-order valence-corrected chi connectivity index (χ3v) is 5.29. The van der Waals surface area contributed by atoms with Crippen molar-refractivity contribution in [2.24, 2.45) is 0 Å². The molecule has 142 valence electrons. The first-order valence-corrected chi connectivity index (χ1v) is 9.60. The number of anilines is 1. The van der Waals surface area contributed by atoms with Crippen LogP contribution in [-0.2, 0) is 0 Å². The van der Waals surface area contributed by atoms with Crippen molar-refractivity contribution in [1.82, 2.24) is 9.38 Å². The second-order valence-corrected chi connectivity index (χ2v) is 7.20. The van der Waals surface area contributed by atoms with E-state index >= 15 is 0 Å². The van der Waals surface area contributed by atoms with E-state index in [0.717, 1.165) is 22.0 Å². The highest BCUT2D eigenvalue weighted by Crippen LogP contribution is 2.30. The molecule has 2 aromatic carbocycles. The maximum atomic E-state index is 12.8. The fourth-order valence-corrected chi connectivity index (χ4v) is 3.86. The van der Waals surface area contributed by atoms with E-state index in [0.29, 0.717) is 22.2 Å². The van der Waals surface area contributed by atoms with E-state index in [2.05, 4.69) is 10.3 Å². The number of thiazole rings is 1. The number of hydrogen-bond acceptors (Lipinski definition) is 5. The minimum absolute atomic E-state index is 0.276. The monoisotopic (exact) mass is 413 g/mol. The van der Waals surface area contributed by atoms with Crippen LogP contribution in [0.5, 0.6) is 11.5 Å². The van der Waals surface area contributed by atoms with E-state index in [9.17, 15) is 4.79 Å². The van der Waals surface area contributed by atoms with E-state index in [1.54, 1.807) is 35.1 Å². The number of nitrogens with zero attached hydrogens (tertiary/aromatic N) is 2. The van der Waals surface area contributed by atoms with Crippen LogP contribution in [0.2, 0.25) is 5.02 Å². The third-order valence-electron chi connectivity index (χ3n) is 4.22. The number of aromatic nitrogens is 2. The van der Waals surface area contributed by atoms with E-state index in [1.807, 2.05) is 30.5 Å². The average Bonchev–Trinajstić information content (AvgIpc) is 3.29. The van der Waals surface area contributed by atoms with E-state index in [4.69, 9.17) is 21.1 Å². The van der Waals surface area contributed by atoms with Crippen LogP contribution < -0.4 is 14.8 Å². The molecule has 28 heavy (non-hydrogen) atoms. The summed E-state index contributed by atoms with van der Waals surface area (Å²) in [5.74, 6) is 1.01. The van der Waals surface area contributed by atoms with Crippen LogP contribution in [-0.4, -0.2) is 29.5 Å². The molecule has 1 amide bonds. The molecule has 0 spiro atoms. The standard InChI is InChI=1S/C20H16ClN3O3S/c1-26-14-5-3-4-12(8-14)16-10-24-17(11-28-20(24)23-16)19(25)22-15-9-13(21)6-7-18(15)27-2/h3-11H,1-2H3,(H,22,25). The van der Waals surface area contributed by atoms with Gasteiger partial charge < -0.3 is 14.8 Å². The van der Waals surface area contributed by atoms with Gasteiger partial charge in [0.1, 0.15) is 17.2 Å². The van der Waals surface area contributed by atoms with Crippen LogP contribution in [0.15, 0.2) is 54.0 Å². The Kier molecular flexibility index (Phi) is 4.93. The third kappa shape index (κ3) is 3.42. The summed E-state index contributed by atoms with van der Waals surface area (Å²) >= 11 is 7.44. The smallest absolute Gasteiger partial charge is 0.273 e. The Morgan fingerprint density at radius 3 is 2.82 bits per heavy atom. The first kappa shape index (κ1) is 18.3. The van der Waals surface area contributed by atoms with Crippen LogP contribution in [0.25, 0.3) is 16.2 Å². The minimum Gasteiger partial charge on any atom is -0.497 e. The zero-order valence-corrected chi connectivity index (χ0v) is 16.7. The lowest BCUT2D eigenvalue weighted by atomic mass is 10.1. The van der Waals surface area contributed by atoms with Crippen molar-refractivity contribution in [2.45, 2.75) is 0 Å². The molecular formula is C20H16ClN3O3S. The lowest BCUT2D eigenvalue weighted by Crippen LogP contribution is -2.14. The zero-order valence-electron chi connectivity index (χ0n) is 15.1. The molecule has 0 fully saturated rings. The molecule has 0 bridgehead atoms. The van der Waals surface area contributed by atoms with Gasteiger partial charge in [-0.05, 0) is 30.3 Å². The number of fused-ring (bicyclic) bond motifs is 1. The lowest BCUT2D eigenvalue weighted by Gasteiger charge is -2.10. The van der Waals surface area contributed by atoms with Crippen molar-refractivity contribution < 1.29 is 14.3 Å². The van der Waals surface area contributed by atoms with Gasteiger partial charge in [0, 0.05) is 22.2 Å². The average molecular weight is 414 g/mol. The van der Waals surface area contributed by atoms with Gasteiger partial charge in [-0.25, -0.2) is 4.98 Å². The molecule has 4 rings (SSSR count). The highest BCUT2D eigenvalue weighted by atomic mass is 35.5. The molecule has 0 saturated carbocycles. The molecule has 0 aliphatic rings. The van der Waals surface area contributed by atoms with Crippen molar-refractivity contribution >= 4 is 39.5 Å². The molecule has 0 unspecified atom stereocenters. The molecule has 1 N–H and O–H groups in total. The Balaban J connectivity index is 1.67. The van der Waals surface area contributed by atoms with Crippen LogP contribution in [0.1, 0.15) is 10.5 Å². The van der Waals surface area contributed by atoms with Crippen LogP contribution in [0.3, 0.4) is 0 Å². The lowest BCUT2D eigenvalue weighted by molar-refractivity contribution is 0.102. The van der Waals surface area contributed by atoms with Crippen LogP contribution in [0.4, 0.5) is 5.69 Å². The van der Waals surface area contributed by atoms with Gasteiger partial charge in [0.25, 0.3) is 5.91 Å². The number of rotatable bonds is 5. The number of carbonyl (C=O) groups excluding carboxylic acids is 1. The largest absolute Gasteiger partial charge is 0.497 e. The zero-order chi connectivity index (χ0) is 19.7. The maximum absolute atomic E-state index is 12.8. The minimum atomic E-state index is -0.276. The number of methoxy groups -OCH3 is 2. The maximum Gasteiger partial charge on any atom is 0.273 e. The van der Waals surface area contributed by atoms with Crippen LogP contribution >= 0.6 is 22.9 Å². The van der Waals surface area contributed by atoms with Crippen LogP contribution in [0, 0.1) is 0 Å². The fourth-order valence-electron chi connectivity index (χ4n) is 2.83. The Hall–Kier alpha value is -3.03. The SMILES string of the molecule is COc1cccc(-c2cn3c(C(=O)Nc4cc(Cl)ccc4OC)csc3n2)c1. The number of amides is 1. The molecule has 4 aromatic rings. The summed E-state index contributed by atoms with van der Waals surface area (Å²) in [4.78, 5) is 18.2. The summed E-state index contributed by atoms with van der Waals surface area (Å²) in [6, 6.07) is 12.7. The summed E-state index contributed by atoms with van der Waals surface area (Å²) < 4.78 is 12.3. The van der Waals surface area contributed by atoms with Gasteiger partial charge in [0.2, 0.25) is 0 Å². The highest BCUT2D eigenvalue weighted by molar-refractivity contribution is 7.15. The number of nitrogens with one attached hydrogen (secondary N) is 1. The topological polar surface area (TPSA) is 64.9 Å². The summed E-state index contributed by atoms with van der Waals surface area (Å²) in [5, 5.41) is 5.13. The predicted octanol–water partition coefficient (Wildman–Crippen LogP) is 4.99. The molecule has 0 radical (unpaired) electrons. The second-order valence-electron chi connectivity index (χ2n) is 5.93. The highest BCUT2D eigenvalue weighted by Gasteiger charge is 2.17. The van der Waals surface area contributed by atoms with E-state index < -0.39 is 0 Å². The van der Waals surface area contributed by atoms with Gasteiger partial charge in [-0.15, -0.1) is 11.3 Å². The quantitative estimate of drug-likeness (QED) is 0.500. The summed E-state index contributed by atoms with van der Waals surface area (Å²) in [6.07, 6.45) is 1.84. The van der Waals surface area contributed by atoms with Crippen molar-refractivity contribution in [1.29, 1.82) is 0 Å². The molecular weight excluding hydrogens is 398 g/mol. The van der Waals surface area contributed by atoms with Gasteiger partial charge in [-0.1, -0.05) is 23.7 Å². The predicted molar refractivity (Wildman–Crippen MR) is 111 cm³/mol. The Morgan fingerprint density at radius 2 is 2.04 bits per heavy atom. The summed E-state index contributed by atoms with van der Waals surface area (Å²) in [7, 11) is 3.16. The normalized spacial score (nSPS) is 10.8. The number of halogens is 1. The summed E-state index contributed by atoms with van der Waals surface area (Å²) in [5.41, 5.74) is 2.66. The molecule has 2 aromatic heterocycles. The number of imidazole rings is 1. The molecule has 8 heteroatoms. The molecule has 0 atom stereocenters. The Bertz CT molecular complexity index is 1170. The molecule has 2 heterocycles. The number of carbonyl (C=O) groups is 1. The van der Waals surface area contributed by atoms with Gasteiger partial charge >= 0.3 is 0 Å². The van der Waals surface area contributed by atoms with Crippen molar-refractivity contribution in [3.63, 3.8) is 0 Å². The second kappa shape index (κ2) is 7.53.